The van der Waals surface area contributed by atoms with Crippen LogP contribution in [0, 0.1) is 0 Å². The number of allylic oxidation sites excluding steroid dienone is 5. The van der Waals surface area contributed by atoms with E-state index in [9.17, 15) is 15.0 Å². The Morgan fingerprint density at radius 3 is 1.16 bits per heavy atom. The van der Waals surface area contributed by atoms with Crippen molar-refractivity contribution in [2.24, 2.45) is 0 Å². The van der Waals surface area contributed by atoms with E-state index >= 15 is 0 Å². The summed E-state index contributed by atoms with van der Waals surface area (Å²) in [4.78, 5) is 12.4. The van der Waals surface area contributed by atoms with Gasteiger partial charge in [-0.25, -0.2) is 0 Å². The molecule has 50 heavy (non-hydrogen) atoms. The predicted molar refractivity (Wildman–Crippen MR) is 221 cm³/mol. The molecule has 2 atom stereocenters. The minimum Gasteiger partial charge on any atom is -0.394 e. The van der Waals surface area contributed by atoms with Crippen LogP contribution in [-0.4, -0.2) is 34.9 Å². The maximum atomic E-state index is 12.4. The highest BCUT2D eigenvalue weighted by Crippen LogP contribution is 2.14. The van der Waals surface area contributed by atoms with Gasteiger partial charge in [-0.3, -0.25) is 4.79 Å². The van der Waals surface area contributed by atoms with Gasteiger partial charge in [0, 0.05) is 6.42 Å². The van der Waals surface area contributed by atoms with Crippen molar-refractivity contribution >= 4 is 5.91 Å². The lowest BCUT2D eigenvalue weighted by Crippen LogP contribution is -2.45. The second kappa shape index (κ2) is 42.0. The van der Waals surface area contributed by atoms with Gasteiger partial charge in [-0.1, -0.05) is 204 Å². The lowest BCUT2D eigenvalue weighted by atomic mass is 10.0. The second-order valence-corrected chi connectivity index (χ2v) is 15.1. The first-order valence-electron chi connectivity index (χ1n) is 22.2. The number of aliphatic hydroxyl groups is 2. The lowest BCUT2D eigenvalue weighted by Gasteiger charge is -2.19. The molecule has 0 fully saturated rings. The SMILES string of the molecule is CCCCCCCCCC/C=C\CCCCCCCCCCCC(=O)NC(CO)C(O)/C=C/CC/C=C/CCCCCCCCCCCCC. The molecule has 0 rings (SSSR count). The first-order valence-corrected chi connectivity index (χ1v) is 22.2. The van der Waals surface area contributed by atoms with E-state index < -0.39 is 12.1 Å². The Bertz CT molecular complexity index is 760. The summed E-state index contributed by atoms with van der Waals surface area (Å²) in [7, 11) is 0. The lowest BCUT2D eigenvalue weighted by molar-refractivity contribution is -0.123. The van der Waals surface area contributed by atoms with Crippen LogP contribution in [0.1, 0.15) is 232 Å². The number of aliphatic hydroxyl groups excluding tert-OH is 2. The molecule has 0 aliphatic carbocycles. The molecule has 4 nitrogen and oxygen atoms in total. The number of nitrogens with one attached hydrogen (secondary N) is 1. The number of hydrogen-bond acceptors (Lipinski definition) is 3. The second-order valence-electron chi connectivity index (χ2n) is 15.1. The third-order valence-corrected chi connectivity index (χ3v) is 10.1. The average Bonchev–Trinajstić information content (AvgIpc) is 3.12. The van der Waals surface area contributed by atoms with Gasteiger partial charge < -0.3 is 15.5 Å². The summed E-state index contributed by atoms with van der Waals surface area (Å²) >= 11 is 0. The molecule has 0 aliphatic heterocycles. The van der Waals surface area contributed by atoms with Crippen LogP contribution in [0.5, 0.6) is 0 Å². The van der Waals surface area contributed by atoms with Gasteiger partial charge in [0.15, 0.2) is 0 Å². The molecular formula is C46H87NO3. The number of unbranched alkanes of at least 4 members (excludes halogenated alkanes) is 29. The summed E-state index contributed by atoms with van der Waals surface area (Å²) in [5, 5.41) is 23.0. The van der Waals surface area contributed by atoms with Crippen LogP contribution in [-0.2, 0) is 4.79 Å². The number of carbonyl (C=O) groups excluding carboxylic acids is 1. The van der Waals surface area contributed by atoms with Crippen molar-refractivity contribution in [2.75, 3.05) is 6.61 Å². The normalized spacial score (nSPS) is 13.3. The summed E-state index contributed by atoms with van der Waals surface area (Å²) in [6.07, 6.45) is 55.4. The van der Waals surface area contributed by atoms with E-state index in [-0.39, 0.29) is 12.5 Å². The molecule has 0 aromatic rings. The highest BCUT2D eigenvalue weighted by molar-refractivity contribution is 5.76. The van der Waals surface area contributed by atoms with Crippen molar-refractivity contribution in [1.82, 2.24) is 5.32 Å². The molecule has 0 aromatic heterocycles. The largest absolute Gasteiger partial charge is 0.394 e. The van der Waals surface area contributed by atoms with Crippen molar-refractivity contribution in [3.05, 3.63) is 36.5 Å². The van der Waals surface area contributed by atoms with Gasteiger partial charge in [-0.15, -0.1) is 0 Å². The first kappa shape index (κ1) is 48.6. The minimum absolute atomic E-state index is 0.0753. The molecule has 294 valence electrons. The van der Waals surface area contributed by atoms with E-state index in [4.69, 9.17) is 0 Å². The molecule has 0 saturated heterocycles. The van der Waals surface area contributed by atoms with Gasteiger partial charge in [0.1, 0.15) is 0 Å². The fraction of sp³-hybridized carbons (Fsp3) is 0.848. The zero-order valence-corrected chi connectivity index (χ0v) is 33.7. The molecule has 0 saturated carbocycles. The van der Waals surface area contributed by atoms with Crippen LogP contribution >= 0.6 is 0 Å². The molecular weight excluding hydrogens is 615 g/mol. The molecule has 0 bridgehead atoms. The maximum absolute atomic E-state index is 12.4. The highest BCUT2D eigenvalue weighted by Gasteiger charge is 2.17. The fourth-order valence-electron chi connectivity index (χ4n) is 6.66. The molecule has 3 N–H and O–H groups in total. The summed E-state index contributed by atoms with van der Waals surface area (Å²) < 4.78 is 0. The summed E-state index contributed by atoms with van der Waals surface area (Å²) in [5.41, 5.74) is 0. The van der Waals surface area contributed by atoms with Crippen LogP contribution in [0.3, 0.4) is 0 Å². The standard InChI is InChI=1S/C46H87NO3/c1-3-5-7-9-11-13-15-17-19-21-22-23-24-26-28-30-32-34-36-38-40-42-46(50)47-44(43-48)45(49)41-39-37-35-33-31-29-27-25-20-18-16-14-12-10-8-6-4-2/h21-22,31,33,39,41,44-45,48-49H,3-20,23-30,32,34-38,40,42-43H2,1-2H3,(H,47,50)/b22-21-,33-31+,41-39+. The topological polar surface area (TPSA) is 69.6 Å². The van der Waals surface area contributed by atoms with Crippen LogP contribution in [0.4, 0.5) is 0 Å². The van der Waals surface area contributed by atoms with E-state index in [1.54, 1.807) is 6.08 Å². The van der Waals surface area contributed by atoms with Gasteiger partial charge in [0.2, 0.25) is 5.91 Å². The monoisotopic (exact) mass is 702 g/mol. The Balaban J connectivity index is 3.59. The van der Waals surface area contributed by atoms with E-state index in [1.165, 1.54) is 180 Å². The van der Waals surface area contributed by atoms with Gasteiger partial charge in [-0.05, 0) is 57.8 Å². The summed E-state index contributed by atoms with van der Waals surface area (Å²) in [6.45, 7) is 4.30. The molecule has 0 aromatic carbocycles. The third-order valence-electron chi connectivity index (χ3n) is 10.1. The summed E-state index contributed by atoms with van der Waals surface area (Å²) in [6, 6.07) is -0.638. The van der Waals surface area contributed by atoms with Crippen molar-refractivity contribution in [3.63, 3.8) is 0 Å². The Labute approximate surface area is 312 Å². The number of rotatable bonds is 40. The molecule has 1 amide bonds. The van der Waals surface area contributed by atoms with Crippen molar-refractivity contribution in [1.29, 1.82) is 0 Å². The Hall–Kier alpha value is -1.39. The quantitative estimate of drug-likeness (QED) is 0.0440. The number of amides is 1. The Kier molecular flexibility index (Phi) is 40.9. The smallest absolute Gasteiger partial charge is 0.220 e. The van der Waals surface area contributed by atoms with Crippen LogP contribution in [0.25, 0.3) is 0 Å². The van der Waals surface area contributed by atoms with Gasteiger partial charge in [0.05, 0.1) is 18.8 Å². The van der Waals surface area contributed by atoms with E-state index in [2.05, 4.69) is 43.5 Å². The van der Waals surface area contributed by atoms with Crippen molar-refractivity contribution in [3.8, 4) is 0 Å². The first-order chi connectivity index (χ1) is 24.7. The molecule has 0 heterocycles. The van der Waals surface area contributed by atoms with Gasteiger partial charge >= 0.3 is 0 Å². The van der Waals surface area contributed by atoms with Crippen LogP contribution < -0.4 is 5.32 Å². The van der Waals surface area contributed by atoms with Gasteiger partial charge in [0.25, 0.3) is 0 Å². The fourth-order valence-corrected chi connectivity index (χ4v) is 6.66. The number of hydrogen-bond donors (Lipinski definition) is 3. The van der Waals surface area contributed by atoms with Crippen molar-refractivity contribution in [2.45, 2.75) is 244 Å². The average molecular weight is 702 g/mol. The van der Waals surface area contributed by atoms with Gasteiger partial charge in [-0.2, -0.15) is 0 Å². The number of carbonyl (C=O) groups is 1. The zero-order chi connectivity index (χ0) is 36.4. The summed E-state index contributed by atoms with van der Waals surface area (Å²) in [5.74, 6) is -0.0753. The molecule has 0 aliphatic rings. The van der Waals surface area contributed by atoms with Crippen molar-refractivity contribution < 1.29 is 15.0 Å². The van der Waals surface area contributed by atoms with E-state index in [0.717, 1.165) is 32.1 Å². The maximum Gasteiger partial charge on any atom is 0.220 e. The molecule has 2 unspecified atom stereocenters. The third kappa shape index (κ3) is 37.9. The molecule has 0 radical (unpaired) electrons. The van der Waals surface area contributed by atoms with Crippen LogP contribution in [0.15, 0.2) is 36.5 Å². The zero-order valence-electron chi connectivity index (χ0n) is 33.7. The predicted octanol–water partition coefficient (Wildman–Crippen LogP) is 13.8. The van der Waals surface area contributed by atoms with E-state index in [1.807, 2.05) is 6.08 Å². The Morgan fingerprint density at radius 2 is 0.780 bits per heavy atom. The molecule has 0 spiro atoms. The van der Waals surface area contributed by atoms with Crippen LogP contribution in [0.2, 0.25) is 0 Å². The van der Waals surface area contributed by atoms with E-state index in [0.29, 0.717) is 6.42 Å². The highest BCUT2D eigenvalue weighted by atomic mass is 16.3. The Morgan fingerprint density at radius 1 is 0.460 bits per heavy atom. The molecule has 4 heteroatoms. The minimum atomic E-state index is -0.861.